The summed E-state index contributed by atoms with van der Waals surface area (Å²) >= 11 is 0. The van der Waals surface area contributed by atoms with E-state index in [1.165, 1.54) is 19.3 Å². The number of nitrogens with zero attached hydrogens (tertiary/aromatic N) is 2. The molecule has 1 saturated carbocycles. The molecule has 0 saturated heterocycles. The van der Waals surface area contributed by atoms with E-state index in [4.69, 9.17) is 14.7 Å². The van der Waals surface area contributed by atoms with Gasteiger partial charge in [0, 0.05) is 19.2 Å². The Labute approximate surface area is 155 Å². The predicted octanol–water partition coefficient (Wildman–Crippen LogP) is 3.48. The maximum atomic E-state index is 12.0. The van der Waals surface area contributed by atoms with Crippen LogP contribution in [0, 0.1) is 17.2 Å². The molecule has 0 radical (unpaired) electrons. The van der Waals surface area contributed by atoms with E-state index in [1.807, 2.05) is 0 Å². The third-order valence-corrected chi connectivity index (χ3v) is 4.45. The first kappa shape index (κ1) is 20.0. The van der Waals surface area contributed by atoms with Gasteiger partial charge in [-0.1, -0.05) is 19.8 Å². The van der Waals surface area contributed by atoms with Crippen molar-refractivity contribution in [3.05, 3.63) is 18.3 Å². The minimum absolute atomic E-state index is 0.304. The summed E-state index contributed by atoms with van der Waals surface area (Å²) in [6.07, 6.45) is 7.79. The van der Waals surface area contributed by atoms with Crippen LogP contribution < -0.4 is 15.4 Å². The van der Waals surface area contributed by atoms with Crippen molar-refractivity contribution in [2.24, 2.45) is 5.92 Å². The van der Waals surface area contributed by atoms with Gasteiger partial charge in [-0.2, -0.15) is 5.26 Å². The number of nitrogens with one attached hydrogen (secondary N) is 2. The molecule has 7 nitrogen and oxygen atoms in total. The molecule has 1 fully saturated rings. The van der Waals surface area contributed by atoms with Crippen LogP contribution in [0.25, 0.3) is 0 Å². The topological polar surface area (TPSA) is 96.3 Å². The second-order valence-electron chi connectivity index (χ2n) is 6.51. The van der Waals surface area contributed by atoms with E-state index >= 15 is 0 Å². The van der Waals surface area contributed by atoms with Crippen LogP contribution in [-0.2, 0) is 4.74 Å². The number of rotatable bonds is 9. The molecule has 0 aliphatic heterocycles. The Kier molecular flexibility index (Phi) is 8.70. The number of ether oxygens (including phenoxy) is 2. The fourth-order valence-electron chi connectivity index (χ4n) is 2.99. The molecule has 26 heavy (non-hydrogen) atoms. The fraction of sp³-hybridized carbons (Fsp3) is 0.632. The van der Waals surface area contributed by atoms with E-state index in [0.29, 0.717) is 56.2 Å². The van der Waals surface area contributed by atoms with Gasteiger partial charge in [0.05, 0.1) is 25.4 Å². The SMILES string of the molecule is C[C@@H]1CCCC[C@H]1OCCNC(=O)Nc1ncccc1OCCCC#N. The zero-order valence-electron chi connectivity index (χ0n) is 15.4. The molecule has 0 aromatic carbocycles. The van der Waals surface area contributed by atoms with Crippen molar-refractivity contribution in [1.82, 2.24) is 10.3 Å². The van der Waals surface area contributed by atoms with Crippen LogP contribution in [0.15, 0.2) is 18.3 Å². The number of aromatic nitrogens is 1. The molecular weight excluding hydrogens is 332 g/mol. The Balaban J connectivity index is 1.69. The van der Waals surface area contributed by atoms with Crippen LogP contribution in [0.5, 0.6) is 5.75 Å². The van der Waals surface area contributed by atoms with E-state index in [-0.39, 0.29) is 6.03 Å². The molecular formula is C19H28N4O3. The minimum atomic E-state index is -0.342. The van der Waals surface area contributed by atoms with Crippen LogP contribution in [0.2, 0.25) is 0 Å². The molecule has 2 atom stereocenters. The van der Waals surface area contributed by atoms with Gasteiger partial charge in [0.1, 0.15) is 0 Å². The van der Waals surface area contributed by atoms with Gasteiger partial charge in [-0.05, 0) is 37.3 Å². The average molecular weight is 360 g/mol. The second-order valence-corrected chi connectivity index (χ2v) is 6.51. The van der Waals surface area contributed by atoms with E-state index in [2.05, 4.69) is 28.6 Å². The number of nitriles is 1. The van der Waals surface area contributed by atoms with Crippen molar-refractivity contribution in [3.8, 4) is 11.8 Å². The summed E-state index contributed by atoms with van der Waals surface area (Å²) in [6.45, 7) is 3.58. The lowest BCUT2D eigenvalue weighted by molar-refractivity contribution is -0.00232. The van der Waals surface area contributed by atoms with Gasteiger partial charge < -0.3 is 14.8 Å². The van der Waals surface area contributed by atoms with Gasteiger partial charge in [-0.15, -0.1) is 0 Å². The summed E-state index contributed by atoms with van der Waals surface area (Å²) in [6, 6.07) is 5.20. The minimum Gasteiger partial charge on any atom is -0.490 e. The smallest absolute Gasteiger partial charge is 0.320 e. The first-order valence-corrected chi connectivity index (χ1v) is 9.32. The molecule has 0 bridgehead atoms. The molecule has 0 unspecified atom stereocenters. The Morgan fingerprint density at radius 3 is 3.04 bits per heavy atom. The fourth-order valence-corrected chi connectivity index (χ4v) is 2.99. The summed E-state index contributed by atoms with van der Waals surface area (Å²) < 4.78 is 11.5. The zero-order chi connectivity index (χ0) is 18.6. The lowest BCUT2D eigenvalue weighted by atomic mass is 9.88. The maximum absolute atomic E-state index is 12.0. The Bertz CT molecular complexity index is 603. The molecule has 2 rings (SSSR count). The molecule has 2 N–H and O–H groups in total. The number of carbonyl (C=O) groups is 1. The van der Waals surface area contributed by atoms with Crippen molar-refractivity contribution < 1.29 is 14.3 Å². The third-order valence-electron chi connectivity index (χ3n) is 4.45. The lowest BCUT2D eigenvalue weighted by Gasteiger charge is -2.28. The molecule has 142 valence electrons. The molecule has 1 aliphatic rings. The van der Waals surface area contributed by atoms with Crippen molar-refractivity contribution in [1.29, 1.82) is 5.26 Å². The summed E-state index contributed by atoms with van der Waals surface area (Å²) in [5.74, 6) is 1.45. The lowest BCUT2D eigenvalue weighted by Crippen LogP contribution is -2.34. The Morgan fingerprint density at radius 1 is 1.38 bits per heavy atom. The predicted molar refractivity (Wildman–Crippen MR) is 99.0 cm³/mol. The number of pyridine rings is 1. The Hall–Kier alpha value is -2.33. The summed E-state index contributed by atoms with van der Waals surface area (Å²) in [4.78, 5) is 16.2. The van der Waals surface area contributed by atoms with Gasteiger partial charge >= 0.3 is 6.03 Å². The first-order valence-electron chi connectivity index (χ1n) is 9.32. The van der Waals surface area contributed by atoms with Crippen LogP contribution in [0.3, 0.4) is 0 Å². The molecule has 1 heterocycles. The van der Waals surface area contributed by atoms with E-state index in [1.54, 1.807) is 18.3 Å². The maximum Gasteiger partial charge on any atom is 0.320 e. The number of hydrogen-bond donors (Lipinski definition) is 2. The first-order chi connectivity index (χ1) is 12.7. The van der Waals surface area contributed by atoms with Gasteiger partial charge in [-0.25, -0.2) is 9.78 Å². The van der Waals surface area contributed by atoms with Crippen molar-refractivity contribution in [3.63, 3.8) is 0 Å². The van der Waals surface area contributed by atoms with Gasteiger partial charge in [0.25, 0.3) is 0 Å². The highest BCUT2D eigenvalue weighted by Crippen LogP contribution is 2.26. The highest BCUT2D eigenvalue weighted by molar-refractivity contribution is 5.89. The second kappa shape index (κ2) is 11.3. The number of amides is 2. The van der Waals surface area contributed by atoms with E-state index < -0.39 is 0 Å². The largest absolute Gasteiger partial charge is 0.490 e. The normalized spacial score (nSPS) is 19.4. The van der Waals surface area contributed by atoms with Crippen LogP contribution in [0.1, 0.15) is 45.4 Å². The van der Waals surface area contributed by atoms with Crippen LogP contribution in [0.4, 0.5) is 10.6 Å². The van der Waals surface area contributed by atoms with Crippen molar-refractivity contribution in [2.45, 2.75) is 51.6 Å². The summed E-state index contributed by atoms with van der Waals surface area (Å²) in [5, 5.41) is 14.0. The van der Waals surface area contributed by atoms with Crippen LogP contribution in [-0.4, -0.2) is 36.9 Å². The Morgan fingerprint density at radius 2 is 2.23 bits per heavy atom. The molecule has 1 aliphatic carbocycles. The quantitative estimate of drug-likeness (QED) is 0.657. The molecule has 1 aromatic rings. The molecule has 1 aromatic heterocycles. The van der Waals surface area contributed by atoms with E-state index in [9.17, 15) is 4.79 Å². The molecule has 2 amide bonds. The van der Waals surface area contributed by atoms with Gasteiger partial charge in [0.15, 0.2) is 11.6 Å². The van der Waals surface area contributed by atoms with E-state index in [0.717, 1.165) is 6.42 Å². The van der Waals surface area contributed by atoms with Crippen molar-refractivity contribution in [2.75, 3.05) is 25.1 Å². The monoisotopic (exact) mass is 360 g/mol. The third kappa shape index (κ3) is 6.89. The molecule has 7 heteroatoms. The summed E-state index contributed by atoms with van der Waals surface area (Å²) in [5.41, 5.74) is 0. The number of hydrogen-bond acceptors (Lipinski definition) is 5. The van der Waals surface area contributed by atoms with Gasteiger partial charge in [0.2, 0.25) is 0 Å². The number of urea groups is 1. The highest BCUT2D eigenvalue weighted by Gasteiger charge is 2.21. The number of carbonyl (C=O) groups excluding carboxylic acids is 1. The number of anilines is 1. The van der Waals surface area contributed by atoms with Gasteiger partial charge in [-0.3, -0.25) is 5.32 Å². The number of unbranched alkanes of at least 4 members (excludes halogenated alkanes) is 1. The zero-order valence-corrected chi connectivity index (χ0v) is 15.4. The van der Waals surface area contributed by atoms with Crippen LogP contribution >= 0.6 is 0 Å². The average Bonchev–Trinajstić information content (AvgIpc) is 2.65. The highest BCUT2D eigenvalue weighted by atomic mass is 16.5. The molecule has 0 spiro atoms. The standard InChI is InChI=1S/C19H28N4O3/c1-15-7-2-3-8-16(15)26-14-12-22-19(24)23-18-17(9-6-11-21-18)25-13-5-4-10-20/h6,9,11,15-16H,2-5,7-8,12-14H2,1H3,(H2,21,22,23,24)/t15-,16-/m1/s1. The van der Waals surface area contributed by atoms with Crippen molar-refractivity contribution >= 4 is 11.8 Å². The summed E-state index contributed by atoms with van der Waals surface area (Å²) in [7, 11) is 0.